The van der Waals surface area contributed by atoms with Gasteiger partial charge in [0.2, 0.25) is 0 Å². The van der Waals surface area contributed by atoms with Crippen molar-refractivity contribution in [1.29, 1.82) is 0 Å². The van der Waals surface area contributed by atoms with Crippen LogP contribution in [-0.4, -0.2) is 37.5 Å². The summed E-state index contributed by atoms with van der Waals surface area (Å²) < 4.78 is 5.40. The van der Waals surface area contributed by atoms with Crippen LogP contribution in [0, 0.1) is 0 Å². The normalized spacial score (nSPS) is 14.4. The zero-order valence-corrected chi connectivity index (χ0v) is 15.0. The third-order valence-electron chi connectivity index (χ3n) is 3.26. The summed E-state index contributed by atoms with van der Waals surface area (Å²) in [6, 6.07) is 14.0. The molecule has 0 spiro atoms. The monoisotopic (exact) mass is 393 g/mol. The zero-order valence-electron chi connectivity index (χ0n) is 12.4. The fourth-order valence-corrected chi connectivity index (χ4v) is 2.23. The fraction of sp³-hybridized carbons (Fsp3) is 0.250. The van der Waals surface area contributed by atoms with Crippen molar-refractivity contribution < 1.29 is 17.9 Å². The second-order valence-electron chi connectivity index (χ2n) is 4.65. The molecule has 0 bridgehead atoms. The van der Waals surface area contributed by atoms with Gasteiger partial charge in [-0.2, -0.15) is 0 Å². The molecule has 1 aromatic carbocycles. The molecule has 0 aliphatic carbocycles. The van der Waals surface area contributed by atoms with Gasteiger partial charge in [-0.25, -0.2) is 0 Å². The Hall–Kier alpha value is -1.10. The van der Waals surface area contributed by atoms with Crippen LogP contribution in [0.15, 0.2) is 53.7 Å². The summed E-state index contributed by atoms with van der Waals surface area (Å²) in [5.41, 5.74) is 2.99. The van der Waals surface area contributed by atoms with E-state index in [1.807, 2.05) is 36.4 Å². The molecular formula is C16H17Cl2FeN3O+. The first-order valence-corrected chi connectivity index (χ1v) is 10.1. The van der Waals surface area contributed by atoms with E-state index in [1.54, 1.807) is 12.4 Å². The SMILES string of the molecule is C(=Nc1ccccc1N1CCOCC1)c1ccccn1.[Cl][Fe+][Cl]. The molecule has 1 aliphatic rings. The molecule has 0 radical (unpaired) electrons. The van der Waals surface area contributed by atoms with Crippen molar-refractivity contribution in [3.8, 4) is 0 Å². The number of aliphatic imine (C=N–C) groups is 1. The van der Waals surface area contributed by atoms with Crippen LogP contribution in [0.1, 0.15) is 5.69 Å². The predicted octanol–water partition coefficient (Wildman–Crippen LogP) is 4.05. The van der Waals surface area contributed by atoms with E-state index in [0.29, 0.717) is 0 Å². The molecular weight excluding hydrogens is 377 g/mol. The van der Waals surface area contributed by atoms with Crippen LogP contribution in [-0.2, 0) is 17.9 Å². The summed E-state index contributed by atoms with van der Waals surface area (Å²) in [6.45, 7) is 3.38. The molecule has 1 aromatic heterocycles. The van der Waals surface area contributed by atoms with Crippen molar-refractivity contribution in [2.45, 2.75) is 0 Å². The second-order valence-corrected chi connectivity index (χ2v) is 6.48. The van der Waals surface area contributed by atoms with Crippen molar-refractivity contribution in [1.82, 2.24) is 4.98 Å². The van der Waals surface area contributed by atoms with Gasteiger partial charge in [0.05, 0.1) is 36.5 Å². The predicted molar refractivity (Wildman–Crippen MR) is 92.7 cm³/mol. The number of rotatable bonds is 3. The molecule has 0 N–H and O–H groups in total. The number of anilines is 1. The quantitative estimate of drug-likeness (QED) is 0.583. The first-order valence-electron chi connectivity index (χ1n) is 7.07. The molecule has 7 heteroatoms. The van der Waals surface area contributed by atoms with Crippen LogP contribution in [0.5, 0.6) is 0 Å². The third kappa shape index (κ3) is 6.13. The summed E-state index contributed by atoms with van der Waals surface area (Å²) in [4.78, 5) is 11.1. The van der Waals surface area contributed by atoms with E-state index in [1.165, 1.54) is 0 Å². The topological polar surface area (TPSA) is 37.7 Å². The Kier molecular flexibility index (Phi) is 8.43. The standard InChI is InChI=1S/C16H17N3O.2ClH.Fe/c1-2-7-16(19-9-11-20-12-10-19)15(6-1)18-13-14-5-3-4-8-17-14;;;/h1-8,13H,9-12H2;2*1H;/q;;;+3/p-2. The maximum atomic E-state index is 5.40. The van der Waals surface area contributed by atoms with Gasteiger partial charge in [0.15, 0.2) is 0 Å². The van der Waals surface area contributed by atoms with Crippen LogP contribution in [0.4, 0.5) is 11.4 Å². The van der Waals surface area contributed by atoms with E-state index in [9.17, 15) is 0 Å². The Morgan fingerprint density at radius 2 is 1.78 bits per heavy atom. The number of pyridine rings is 1. The van der Waals surface area contributed by atoms with Gasteiger partial charge in [0.25, 0.3) is 0 Å². The Morgan fingerprint density at radius 3 is 2.48 bits per heavy atom. The van der Waals surface area contributed by atoms with Gasteiger partial charge >= 0.3 is 33.3 Å². The molecule has 23 heavy (non-hydrogen) atoms. The summed E-state index contributed by atoms with van der Waals surface area (Å²) in [7, 11) is 9.53. The van der Waals surface area contributed by atoms with Crippen LogP contribution in [0.2, 0.25) is 0 Å². The van der Waals surface area contributed by atoms with E-state index in [2.05, 4.69) is 20.9 Å². The number of para-hydroxylation sites is 2. The molecule has 2 heterocycles. The van der Waals surface area contributed by atoms with Gasteiger partial charge in [-0.1, -0.05) is 18.2 Å². The molecule has 0 amide bonds. The first-order chi connectivity index (χ1) is 11.3. The fourth-order valence-electron chi connectivity index (χ4n) is 2.23. The Morgan fingerprint density at radius 1 is 1.09 bits per heavy atom. The minimum absolute atomic E-state index is 0.194. The van der Waals surface area contributed by atoms with E-state index in [-0.39, 0.29) is 13.1 Å². The van der Waals surface area contributed by atoms with Gasteiger partial charge in [0.1, 0.15) is 0 Å². The number of hydrogen-bond donors (Lipinski definition) is 0. The molecule has 123 valence electrons. The Bertz CT molecular complexity index is 607. The molecule has 1 aliphatic heterocycles. The summed E-state index contributed by atoms with van der Waals surface area (Å²) in [6.07, 6.45) is 3.58. The summed E-state index contributed by atoms with van der Waals surface area (Å²) >= 11 is 0.194. The molecule has 0 unspecified atom stereocenters. The van der Waals surface area contributed by atoms with E-state index in [4.69, 9.17) is 24.9 Å². The number of hydrogen-bond acceptors (Lipinski definition) is 4. The number of nitrogens with zero attached hydrogens (tertiary/aromatic N) is 3. The molecule has 4 nitrogen and oxygen atoms in total. The molecule has 2 aromatic rings. The van der Waals surface area contributed by atoms with Gasteiger partial charge < -0.3 is 9.64 Å². The van der Waals surface area contributed by atoms with Crippen molar-refractivity contribution in [3.05, 3.63) is 54.4 Å². The molecule has 1 fully saturated rings. The maximum absolute atomic E-state index is 5.40. The molecule has 3 rings (SSSR count). The van der Waals surface area contributed by atoms with Gasteiger partial charge in [-0.3, -0.25) is 9.98 Å². The van der Waals surface area contributed by atoms with Crippen LogP contribution in [0.25, 0.3) is 0 Å². The summed E-state index contributed by atoms with van der Waals surface area (Å²) in [5, 5.41) is 0. The van der Waals surface area contributed by atoms with Crippen molar-refractivity contribution in [3.63, 3.8) is 0 Å². The Labute approximate surface area is 151 Å². The van der Waals surface area contributed by atoms with Gasteiger partial charge in [-0.05, 0) is 24.3 Å². The minimum atomic E-state index is 0.194. The molecule has 0 saturated carbocycles. The van der Waals surface area contributed by atoms with Crippen molar-refractivity contribution in [2.75, 3.05) is 31.2 Å². The second kappa shape index (κ2) is 10.6. The van der Waals surface area contributed by atoms with Crippen molar-refractivity contribution in [2.24, 2.45) is 4.99 Å². The number of aromatic nitrogens is 1. The van der Waals surface area contributed by atoms with Crippen LogP contribution in [0.3, 0.4) is 0 Å². The number of benzene rings is 1. The summed E-state index contributed by atoms with van der Waals surface area (Å²) in [5.74, 6) is 0. The van der Waals surface area contributed by atoms with Crippen LogP contribution >= 0.6 is 20.2 Å². The average Bonchev–Trinajstić information content (AvgIpc) is 2.63. The van der Waals surface area contributed by atoms with E-state index >= 15 is 0 Å². The Balaban J connectivity index is 0.000000595. The average molecular weight is 394 g/mol. The number of halogens is 2. The van der Waals surface area contributed by atoms with Crippen LogP contribution < -0.4 is 4.90 Å². The molecule has 1 saturated heterocycles. The van der Waals surface area contributed by atoms with E-state index in [0.717, 1.165) is 43.4 Å². The number of ether oxygens (including phenoxy) is 1. The first kappa shape index (κ1) is 18.2. The third-order valence-corrected chi connectivity index (χ3v) is 3.26. The zero-order chi connectivity index (χ0) is 16.3. The molecule has 0 atom stereocenters. The van der Waals surface area contributed by atoms with E-state index < -0.39 is 0 Å². The van der Waals surface area contributed by atoms with Gasteiger partial charge in [0, 0.05) is 19.3 Å². The van der Waals surface area contributed by atoms with Crippen molar-refractivity contribution >= 4 is 37.8 Å². The van der Waals surface area contributed by atoms with Gasteiger partial charge in [-0.15, -0.1) is 0 Å². The number of morpholine rings is 1.